The SMILES string of the molecule is CC(C)COc1ccc(-c2noc(C3CC(=O)N(Cc4ccccc4F)C3)n2)cc1. The molecule has 0 bridgehead atoms. The highest BCUT2D eigenvalue weighted by Gasteiger charge is 2.34. The van der Waals surface area contributed by atoms with E-state index < -0.39 is 0 Å². The van der Waals surface area contributed by atoms with E-state index in [-0.39, 0.29) is 30.6 Å². The lowest BCUT2D eigenvalue weighted by molar-refractivity contribution is -0.128. The molecule has 3 aromatic rings. The maximum absolute atomic E-state index is 13.9. The molecular formula is C23H24FN3O3. The summed E-state index contributed by atoms with van der Waals surface area (Å²) < 4.78 is 25.0. The van der Waals surface area contributed by atoms with Crippen molar-refractivity contribution in [1.82, 2.24) is 15.0 Å². The molecule has 1 fully saturated rings. The highest BCUT2D eigenvalue weighted by Crippen LogP contribution is 2.30. The van der Waals surface area contributed by atoms with Crippen LogP contribution in [0.5, 0.6) is 5.75 Å². The predicted molar refractivity (Wildman–Crippen MR) is 109 cm³/mol. The maximum atomic E-state index is 13.9. The van der Waals surface area contributed by atoms with Crippen LogP contribution in [-0.4, -0.2) is 34.1 Å². The van der Waals surface area contributed by atoms with Crippen LogP contribution in [0.3, 0.4) is 0 Å². The van der Waals surface area contributed by atoms with Gasteiger partial charge in [0.15, 0.2) is 0 Å². The molecule has 1 aliphatic rings. The van der Waals surface area contributed by atoms with Crippen LogP contribution in [-0.2, 0) is 11.3 Å². The van der Waals surface area contributed by atoms with E-state index in [0.29, 0.717) is 36.3 Å². The lowest BCUT2D eigenvalue weighted by Crippen LogP contribution is -2.24. The van der Waals surface area contributed by atoms with E-state index in [9.17, 15) is 9.18 Å². The van der Waals surface area contributed by atoms with Crippen molar-refractivity contribution in [3.8, 4) is 17.1 Å². The quantitative estimate of drug-likeness (QED) is 0.578. The molecule has 0 aliphatic carbocycles. The molecule has 0 N–H and O–H groups in total. The molecule has 1 aliphatic heterocycles. The average Bonchev–Trinajstić information content (AvgIpc) is 3.36. The average molecular weight is 409 g/mol. The number of hydrogen-bond acceptors (Lipinski definition) is 5. The van der Waals surface area contributed by atoms with Crippen LogP contribution in [0.4, 0.5) is 4.39 Å². The first-order valence-electron chi connectivity index (χ1n) is 10.1. The van der Waals surface area contributed by atoms with Gasteiger partial charge in [-0.2, -0.15) is 4.98 Å². The Kier molecular flexibility index (Phi) is 5.79. The first kappa shape index (κ1) is 20.1. The molecular weight excluding hydrogens is 385 g/mol. The molecule has 1 amide bonds. The van der Waals surface area contributed by atoms with Gasteiger partial charge in [-0.25, -0.2) is 4.39 Å². The summed E-state index contributed by atoms with van der Waals surface area (Å²) in [6.07, 6.45) is 0.276. The number of hydrogen-bond donors (Lipinski definition) is 0. The normalized spacial score (nSPS) is 16.5. The van der Waals surface area contributed by atoms with Crippen molar-refractivity contribution in [3.05, 3.63) is 65.8 Å². The van der Waals surface area contributed by atoms with Gasteiger partial charge in [-0.05, 0) is 36.2 Å². The van der Waals surface area contributed by atoms with E-state index in [1.54, 1.807) is 23.1 Å². The summed E-state index contributed by atoms with van der Waals surface area (Å²) in [7, 11) is 0. The largest absolute Gasteiger partial charge is 0.493 e. The molecule has 6 nitrogen and oxygen atoms in total. The molecule has 30 heavy (non-hydrogen) atoms. The van der Waals surface area contributed by atoms with Crippen molar-refractivity contribution in [2.75, 3.05) is 13.2 Å². The lowest BCUT2D eigenvalue weighted by atomic mass is 10.1. The number of carbonyl (C=O) groups excluding carboxylic acids is 1. The molecule has 0 spiro atoms. The summed E-state index contributed by atoms with van der Waals surface area (Å²) in [5.41, 5.74) is 1.31. The van der Waals surface area contributed by atoms with Gasteiger partial charge in [-0.1, -0.05) is 37.2 Å². The van der Waals surface area contributed by atoms with Gasteiger partial charge in [-0.15, -0.1) is 0 Å². The molecule has 1 aromatic heterocycles. The van der Waals surface area contributed by atoms with Gasteiger partial charge in [0.1, 0.15) is 11.6 Å². The van der Waals surface area contributed by atoms with Crippen LogP contribution in [0, 0.1) is 11.7 Å². The van der Waals surface area contributed by atoms with Gasteiger partial charge in [-0.3, -0.25) is 4.79 Å². The standard InChI is InChI=1S/C23H24FN3O3/c1-15(2)14-29-19-9-7-16(8-10-19)22-25-23(30-26-22)18-11-21(28)27(13-18)12-17-5-3-4-6-20(17)24/h3-10,15,18H,11-14H2,1-2H3. The summed E-state index contributed by atoms with van der Waals surface area (Å²) in [6, 6.07) is 14.0. The molecule has 2 aromatic carbocycles. The Hall–Kier alpha value is -3.22. The maximum Gasteiger partial charge on any atom is 0.232 e. The molecule has 1 saturated heterocycles. The minimum Gasteiger partial charge on any atom is -0.493 e. The van der Waals surface area contributed by atoms with Crippen molar-refractivity contribution < 1.29 is 18.4 Å². The molecule has 4 rings (SSSR count). The molecule has 0 radical (unpaired) electrons. The lowest BCUT2D eigenvalue weighted by Gasteiger charge is -2.16. The third kappa shape index (κ3) is 4.50. The topological polar surface area (TPSA) is 68.5 Å². The van der Waals surface area contributed by atoms with Gasteiger partial charge in [0.05, 0.1) is 12.5 Å². The second kappa shape index (κ2) is 8.65. The third-order valence-electron chi connectivity index (χ3n) is 5.02. The van der Waals surface area contributed by atoms with Crippen molar-refractivity contribution >= 4 is 5.91 Å². The van der Waals surface area contributed by atoms with Crippen LogP contribution in [0.2, 0.25) is 0 Å². The second-order valence-corrected chi connectivity index (χ2v) is 7.95. The smallest absolute Gasteiger partial charge is 0.232 e. The highest BCUT2D eigenvalue weighted by molar-refractivity contribution is 5.79. The minimum atomic E-state index is -0.311. The van der Waals surface area contributed by atoms with Crippen LogP contribution in [0.15, 0.2) is 53.1 Å². The van der Waals surface area contributed by atoms with Crippen molar-refractivity contribution in [3.63, 3.8) is 0 Å². The number of ether oxygens (including phenoxy) is 1. The highest BCUT2D eigenvalue weighted by atomic mass is 19.1. The zero-order chi connectivity index (χ0) is 21.1. The number of amides is 1. The Bertz CT molecular complexity index is 1020. The Morgan fingerprint density at radius 1 is 1.20 bits per heavy atom. The molecule has 1 unspecified atom stereocenters. The predicted octanol–water partition coefficient (Wildman–Crippen LogP) is 4.43. The number of likely N-dealkylation sites (tertiary alicyclic amines) is 1. The summed E-state index contributed by atoms with van der Waals surface area (Å²) in [4.78, 5) is 18.5. The summed E-state index contributed by atoms with van der Waals surface area (Å²) in [6.45, 7) is 5.52. The van der Waals surface area contributed by atoms with Crippen molar-refractivity contribution in [1.29, 1.82) is 0 Å². The van der Waals surface area contributed by atoms with E-state index in [0.717, 1.165) is 11.3 Å². The van der Waals surface area contributed by atoms with Crippen molar-refractivity contribution in [2.24, 2.45) is 5.92 Å². The fourth-order valence-electron chi connectivity index (χ4n) is 3.40. The number of benzene rings is 2. The first-order valence-corrected chi connectivity index (χ1v) is 10.1. The summed E-state index contributed by atoms with van der Waals surface area (Å²) in [5.74, 6) is 1.59. The fourth-order valence-corrected chi connectivity index (χ4v) is 3.40. The van der Waals surface area contributed by atoms with Crippen LogP contribution in [0.25, 0.3) is 11.4 Å². The van der Waals surface area contributed by atoms with E-state index in [1.165, 1.54) is 6.07 Å². The third-order valence-corrected chi connectivity index (χ3v) is 5.02. The minimum absolute atomic E-state index is 0.0466. The van der Waals surface area contributed by atoms with Crippen LogP contribution in [0.1, 0.15) is 37.6 Å². The van der Waals surface area contributed by atoms with E-state index >= 15 is 0 Å². The van der Waals surface area contributed by atoms with Gasteiger partial charge in [0.2, 0.25) is 17.6 Å². The molecule has 156 valence electrons. The zero-order valence-electron chi connectivity index (χ0n) is 17.0. The number of carbonyl (C=O) groups is 1. The number of halogens is 1. The van der Waals surface area contributed by atoms with Crippen molar-refractivity contribution in [2.45, 2.75) is 32.7 Å². The van der Waals surface area contributed by atoms with Gasteiger partial charge in [0, 0.05) is 30.6 Å². The van der Waals surface area contributed by atoms with Gasteiger partial charge >= 0.3 is 0 Å². The first-order chi connectivity index (χ1) is 14.5. The Labute approximate surface area is 174 Å². The Balaban J connectivity index is 1.41. The Morgan fingerprint density at radius 3 is 2.70 bits per heavy atom. The monoisotopic (exact) mass is 409 g/mol. The summed E-state index contributed by atoms with van der Waals surface area (Å²) in [5, 5.41) is 4.07. The number of rotatable bonds is 7. The Morgan fingerprint density at radius 2 is 1.97 bits per heavy atom. The number of aromatic nitrogens is 2. The van der Waals surface area contributed by atoms with E-state index in [2.05, 4.69) is 24.0 Å². The number of nitrogens with zero attached hydrogens (tertiary/aromatic N) is 3. The molecule has 7 heteroatoms. The van der Waals surface area contributed by atoms with E-state index in [4.69, 9.17) is 9.26 Å². The fraction of sp³-hybridized carbons (Fsp3) is 0.348. The van der Waals surface area contributed by atoms with Crippen LogP contribution >= 0.6 is 0 Å². The van der Waals surface area contributed by atoms with Gasteiger partial charge < -0.3 is 14.2 Å². The van der Waals surface area contributed by atoms with E-state index in [1.807, 2.05) is 24.3 Å². The molecule has 0 saturated carbocycles. The van der Waals surface area contributed by atoms with Gasteiger partial charge in [0.25, 0.3) is 0 Å². The molecule has 2 heterocycles. The molecule has 1 atom stereocenters. The zero-order valence-corrected chi connectivity index (χ0v) is 17.0. The summed E-state index contributed by atoms with van der Waals surface area (Å²) >= 11 is 0. The van der Waals surface area contributed by atoms with Crippen LogP contribution < -0.4 is 4.74 Å². The second-order valence-electron chi connectivity index (χ2n) is 7.95.